The summed E-state index contributed by atoms with van der Waals surface area (Å²) in [5, 5.41) is 0. The lowest BCUT2D eigenvalue weighted by molar-refractivity contribution is -0.130. The van der Waals surface area contributed by atoms with Gasteiger partial charge in [-0.3, -0.25) is 9.59 Å². The zero-order valence-corrected chi connectivity index (χ0v) is 19.7. The predicted molar refractivity (Wildman–Crippen MR) is 120 cm³/mol. The van der Waals surface area contributed by atoms with Crippen molar-refractivity contribution in [2.24, 2.45) is 0 Å². The summed E-state index contributed by atoms with van der Waals surface area (Å²) in [6.45, 7) is 8.44. The molecule has 7 heteroatoms. The number of benzene rings is 1. The molecule has 0 spiro atoms. The molecule has 0 atom stereocenters. The summed E-state index contributed by atoms with van der Waals surface area (Å²) in [5.74, 6) is 2.55. The smallest absolute Gasteiger partial charge is 0.257 e. The standard InChI is InChI=1S/C24H34N2O5/c1-16(2)26(24(28)20-14-17(3)31-18(20)4)13-11-23(27)25(5)12-10-19-8-9-21(29-6)22(15-19)30-7/h8-9,14-16H,10-13H2,1-7H3. The molecule has 7 nitrogen and oxygen atoms in total. The molecular weight excluding hydrogens is 396 g/mol. The van der Waals surface area contributed by atoms with Gasteiger partial charge in [0.1, 0.15) is 11.5 Å². The maximum atomic E-state index is 12.9. The van der Waals surface area contributed by atoms with Gasteiger partial charge in [-0.2, -0.15) is 0 Å². The van der Waals surface area contributed by atoms with Crippen LogP contribution in [-0.4, -0.2) is 62.0 Å². The van der Waals surface area contributed by atoms with E-state index in [1.807, 2.05) is 39.0 Å². The van der Waals surface area contributed by atoms with E-state index in [0.717, 1.165) is 5.56 Å². The van der Waals surface area contributed by atoms with Crippen LogP contribution >= 0.6 is 0 Å². The van der Waals surface area contributed by atoms with Gasteiger partial charge < -0.3 is 23.7 Å². The Kier molecular flexibility index (Phi) is 8.54. The van der Waals surface area contributed by atoms with Crippen molar-refractivity contribution in [1.82, 2.24) is 9.80 Å². The molecule has 1 aromatic carbocycles. The molecule has 2 aromatic rings. The van der Waals surface area contributed by atoms with Crippen LogP contribution in [-0.2, 0) is 11.2 Å². The topological polar surface area (TPSA) is 72.2 Å². The number of rotatable bonds is 10. The van der Waals surface area contributed by atoms with E-state index in [0.29, 0.717) is 48.1 Å². The first-order valence-corrected chi connectivity index (χ1v) is 10.5. The van der Waals surface area contributed by atoms with Crippen LogP contribution in [0.5, 0.6) is 11.5 Å². The molecule has 1 heterocycles. The zero-order chi connectivity index (χ0) is 23.1. The minimum atomic E-state index is -0.106. The summed E-state index contributed by atoms with van der Waals surface area (Å²) in [5.41, 5.74) is 1.61. The molecule has 0 aliphatic rings. The lowest BCUT2D eigenvalue weighted by Gasteiger charge is -2.27. The van der Waals surface area contributed by atoms with Gasteiger partial charge in [0.25, 0.3) is 5.91 Å². The summed E-state index contributed by atoms with van der Waals surface area (Å²) >= 11 is 0. The maximum Gasteiger partial charge on any atom is 0.257 e. The Balaban J connectivity index is 1.93. The first kappa shape index (κ1) is 24.3. The summed E-state index contributed by atoms with van der Waals surface area (Å²) in [6.07, 6.45) is 0.963. The van der Waals surface area contributed by atoms with Gasteiger partial charge in [-0.15, -0.1) is 0 Å². The normalized spacial score (nSPS) is 10.8. The summed E-state index contributed by atoms with van der Waals surface area (Å²) in [7, 11) is 4.99. The van der Waals surface area contributed by atoms with Crippen molar-refractivity contribution in [2.45, 2.75) is 46.6 Å². The van der Waals surface area contributed by atoms with E-state index in [-0.39, 0.29) is 24.3 Å². The number of likely N-dealkylation sites (N-methyl/N-ethyl adjacent to an activating group) is 1. The van der Waals surface area contributed by atoms with Crippen molar-refractivity contribution in [2.75, 3.05) is 34.4 Å². The number of hydrogen-bond donors (Lipinski definition) is 0. The van der Waals surface area contributed by atoms with E-state index in [4.69, 9.17) is 13.9 Å². The van der Waals surface area contributed by atoms with Crippen LogP contribution < -0.4 is 9.47 Å². The largest absolute Gasteiger partial charge is 0.493 e. The fourth-order valence-corrected chi connectivity index (χ4v) is 3.46. The lowest BCUT2D eigenvalue weighted by Crippen LogP contribution is -2.40. The fourth-order valence-electron chi connectivity index (χ4n) is 3.46. The number of amides is 2. The van der Waals surface area contributed by atoms with Crippen LogP contribution in [0.3, 0.4) is 0 Å². The molecule has 0 saturated heterocycles. The molecule has 0 N–H and O–H groups in total. The molecule has 0 fully saturated rings. The Labute approximate surface area is 184 Å². The van der Waals surface area contributed by atoms with Crippen LogP contribution in [0.15, 0.2) is 28.7 Å². The van der Waals surface area contributed by atoms with E-state index in [1.165, 1.54) is 0 Å². The Morgan fingerprint density at radius 1 is 1.03 bits per heavy atom. The lowest BCUT2D eigenvalue weighted by atomic mass is 10.1. The minimum absolute atomic E-state index is 0.000905. The Hall–Kier alpha value is -2.96. The first-order valence-electron chi connectivity index (χ1n) is 10.5. The van der Waals surface area contributed by atoms with Crippen LogP contribution in [0.25, 0.3) is 0 Å². The molecule has 170 valence electrons. The molecule has 0 radical (unpaired) electrons. The van der Waals surface area contributed by atoms with Crippen molar-refractivity contribution in [3.05, 3.63) is 46.9 Å². The van der Waals surface area contributed by atoms with Crippen molar-refractivity contribution in [1.29, 1.82) is 0 Å². The summed E-state index contributed by atoms with van der Waals surface area (Å²) < 4.78 is 16.1. The monoisotopic (exact) mass is 430 g/mol. The average molecular weight is 431 g/mol. The number of nitrogens with zero attached hydrogens (tertiary/aromatic N) is 2. The molecule has 0 bridgehead atoms. The van der Waals surface area contributed by atoms with Gasteiger partial charge in [0.05, 0.1) is 19.8 Å². The van der Waals surface area contributed by atoms with Gasteiger partial charge in [-0.05, 0) is 57.9 Å². The van der Waals surface area contributed by atoms with Crippen molar-refractivity contribution in [3.63, 3.8) is 0 Å². The van der Waals surface area contributed by atoms with Gasteiger partial charge in [-0.1, -0.05) is 6.07 Å². The molecule has 2 amide bonds. The van der Waals surface area contributed by atoms with Crippen molar-refractivity contribution in [3.8, 4) is 11.5 Å². The SMILES string of the molecule is COc1ccc(CCN(C)C(=O)CCN(C(=O)c2cc(C)oc2C)C(C)C)cc1OC. The Morgan fingerprint density at radius 3 is 2.26 bits per heavy atom. The second kappa shape index (κ2) is 10.9. The molecular formula is C24H34N2O5. The summed E-state index contributed by atoms with van der Waals surface area (Å²) in [4.78, 5) is 29.0. The fraction of sp³-hybridized carbons (Fsp3) is 0.500. The van der Waals surface area contributed by atoms with Gasteiger partial charge in [-0.25, -0.2) is 0 Å². The average Bonchev–Trinajstić information content (AvgIpc) is 3.09. The Morgan fingerprint density at radius 2 is 1.71 bits per heavy atom. The molecule has 31 heavy (non-hydrogen) atoms. The van der Waals surface area contributed by atoms with Crippen LogP contribution in [0.2, 0.25) is 0 Å². The molecule has 0 saturated carbocycles. The number of carbonyl (C=O) groups excluding carboxylic acids is 2. The highest BCUT2D eigenvalue weighted by atomic mass is 16.5. The van der Waals surface area contributed by atoms with Crippen molar-refractivity contribution >= 4 is 11.8 Å². The minimum Gasteiger partial charge on any atom is -0.493 e. The Bertz CT molecular complexity index is 903. The highest BCUT2D eigenvalue weighted by molar-refractivity contribution is 5.95. The third-order valence-electron chi connectivity index (χ3n) is 5.33. The van der Waals surface area contributed by atoms with Gasteiger partial charge in [0.2, 0.25) is 5.91 Å². The number of furan rings is 1. The third kappa shape index (κ3) is 6.26. The van der Waals surface area contributed by atoms with Crippen molar-refractivity contribution < 1.29 is 23.5 Å². The molecule has 1 aromatic heterocycles. The van der Waals surface area contributed by atoms with Gasteiger partial charge >= 0.3 is 0 Å². The van der Waals surface area contributed by atoms with Crippen LogP contribution in [0.4, 0.5) is 0 Å². The second-order valence-electron chi connectivity index (χ2n) is 7.92. The zero-order valence-electron chi connectivity index (χ0n) is 19.7. The predicted octanol–water partition coefficient (Wildman–Crippen LogP) is 3.86. The summed E-state index contributed by atoms with van der Waals surface area (Å²) in [6, 6.07) is 7.48. The second-order valence-corrected chi connectivity index (χ2v) is 7.92. The quantitative estimate of drug-likeness (QED) is 0.572. The number of aryl methyl sites for hydroxylation is 2. The molecule has 2 rings (SSSR count). The van der Waals surface area contributed by atoms with E-state index >= 15 is 0 Å². The maximum absolute atomic E-state index is 12.9. The van der Waals surface area contributed by atoms with Gasteiger partial charge in [0, 0.05) is 32.6 Å². The van der Waals surface area contributed by atoms with Gasteiger partial charge in [0.15, 0.2) is 11.5 Å². The number of ether oxygens (including phenoxy) is 2. The van der Waals surface area contributed by atoms with E-state index in [1.54, 1.807) is 44.1 Å². The first-order chi connectivity index (χ1) is 14.7. The molecule has 0 aliphatic carbocycles. The van der Waals surface area contributed by atoms with E-state index in [2.05, 4.69) is 0 Å². The highest BCUT2D eigenvalue weighted by Crippen LogP contribution is 2.27. The number of methoxy groups -OCH3 is 2. The molecule has 0 aliphatic heterocycles. The third-order valence-corrected chi connectivity index (χ3v) is 5.33. The van der Waals surface area contributed by atoms with Crippen LogP contribution in [0, 0.1) is 13.8 Å². The highest BCUT2D eigenvalue weighted by Gasteiger charge is 2.24. The van der Waals surface area contributed by atoms with Crippen LogP contribution in [0.1, 0.15) is 47.7 Å². The number of carbonyl (C=O) groups is 2. The van der Waals surface area contributed by atoms with E-state index < -0.39 is 0 Å². The number of hydrogen-bond acceptors (Lipinski definition) is 5. The molecule has 0 unspecified atom stereocenters. The van der Waals surface area contributed by atoms with E-state index in [9.17, 15) is 9.59 Å².